The predicted molar refractivity (Wildman–Crippen MR) is 148 cm³/mol. The smallest absolute Gasteiger partial charge is 0.238 e. The largest absolute Gasteiger partial charge is 0.497 e. The minimum atomic E-state index is -3.85. The number of rotatable bonds is 7. The summed E-state index contributed by atoms with van der Waals surface area (Å²) in [6.07, 6.45) is 0. The average Bonchev–Trinajstić information content (AvgIpc) is 2.88. The van der Waals surface area contributed by atoms with Crippen LogP contribution in [0.4, 0.5) is 5.69 Å². The number of ether oxygens (including phenoxy) is 1. The summed E-state index contributed by atoms with van der Waals surface area (Å²) >= 11 is 6.21. The van der Waals surface area contributed by atoms with Crippen molar-refractivity contribution in [2.45, 2.75) is 12.7 Å². The number of benzene rings is 2. The molecule has 2 N–H and O–H groups in total. The topological polar surface area (TPSA) is 127 Å². The molecule has 9 nitrogen and oxygen atoms in total. The SMILES string of the molecule is COc1ccc(NS(=O)(=O)Cc2cc(=O)c3nc(-c4cc(C)nc(Cl)c4)c(-c4ccccc4)nc3[nH]2)cc1. The second-order valence-corrected chi connectivity index (χ2v) is 10.7. The number of H-pyrrole nitrogens is 1. The van der Waals surface area contributed by atoms with E-state index in [0.717, 1.165) is 5.56 Å². The first-order chi connectivity index (χ1) is 18.2. The van der Waals surface area contributed by atoms with Crippen molar-refractivity contribution >= 4 is 38.5 Å². The van der Waals surface area contributed by atoms with Crippen molar-refractivity contribution in [1.29, 1.82) is 0 Å². The van der Waals surface area contributed by atoms with Gasteiger partial charge in [0, 0.05) is 34.3 Å². The molecule has 0 bridgehead atoms. The number of nitrogens with one attached hydrogen (secondary N) is 2. The number of fused-ring (bicyclic) bond motifs is 1. The van der Waals surface area contributed by atoms with Crippen LogP contribution in [0.2, 0.25) is 5.15 Å². The fourth-order valence-corrected chi connectivity index (χ4v) is 5.41. The van der Waals surface area contributed by atoms with Gasteiger partial charge in [-0.2, -0.15) is 0 Å². The molecule has 3 heterocycles. The second kappa shape index (κ2) is 10.2. The van der Waals surface area contributed by atoms with E-state index >= 15 is 0 Å². The summed E-state index contributed by atoms with van der Waals surface area (Å²) in [5.74, 6) is 0.135. The van der Waals surface area contributed by atoms with Gasteiger partial charge in [0.05, 0.1) is 18.5 Å². The summed E-state index contributed by atoms with van der Waals surface area (Å²) in [7, 11) is -2.32. The average molecular weight is 548 g/mol. The van der Waals surface area contributed by atoms with E-state index in [0.29, 0.717) is 39.2 Å². The molecule has 11 heteroatoms. The van der Waals surface area contributed by atoms with Gasteiger partial charge in [-0.25, -0.2) is 23.4 Å². The first-order valence-corrected chi connectivity index (χ1v) is 13.5. The molecule has 0 amide bonds. The van der Waals surface area contributed by atoms with Gasteiger partial charge in [-0.05, 0) is 43.3 Å². The number of sulfonamides is 1. The molecule has 2 aromatic carbocycles. The van der Waals surface area contributed by atoms with E-state index in [4.69, 9.17) is 21.3 Å². The third kappa shape index (κ3) is 5.51. The quantitative estimate of drug-likeness (QED) is 0.276. The molecule has 0 saturated heterocycles. The van der Waals surface area contributed by atoms with Crippen molar-refractivity contribution in [1.82, 2.24) is 19.9 Å². The molecule has 0 spiro atoms. The van der Waals surface area contributed by atoms with E-state index in [9.17, 15) is 13.2 Å². The van der Waals surface area contributed by atoms with Gasteiger partial charge in [0.15, 0.2) is 11.2 Å². The molecule has 3 aromatic heterocycles. The molecule has 0 radical (unpaired) electrons. The Morgan fingerprint density at radius 1 is 0.921 bits per heavy atom. The van der Waals surface area contributed by atoms with Crippen LogP contribution in [-0.4, -0.2) is 35.5 Å². The number of aryl methyl sites for hydroxylation is 1. The molecule has 0 aliphatic carbocycles. The zero-order chi connectivity index (χ0) is 26.9. The van der Waals surface area contributed by atoms with Crippen LogP contribution in [0.15, 0.2) is 77.6 Å². The van der Waals surface area contributed by atoms with E-state index < -0.39 is 21.2 Å². The molecule has 0 saturated carbocycles. The zero-order valence-electron chi connectivity index (χ0n) is 20.4. The Bertz CT molecular complexity index is 1790. The van der Waals surface area contributed by atoms with E-state index in [1.165, 1.54) is 13.2 Å². The van der Waals surface area contributed by atoms with Gasteiger partial charge in [-0.1, -0.05) is 41.9 Å². The van der Waals surface area contributed by atoms with Crippen LogP contribution in [0.3, 0.4) is 0 Å². The van der Waals surface area contributed by atoms with Crippen molar-refractivity contribution in [3.8, 4) is 28.3 Å². The molecule has 192 valence electrons. The Labute approximate surface area is 223 Å². The van der Waals surface area contributed by atoms with Crippen LogP contribution in [-0.2, 0) is 15.8 Å². The number of nitrogens with zero attached hydrogens (tertiary/aromatic N) is 3. The fourth-order valence-electron chi connectivity index (χ4n) is 4.03. The Morgan fingerprint density at radius 3 is 2.32 bits per heavy atom. The highest BCUT2D eigenvalue weighted by molar-refractivity contribution is 7.91. The minimum Gasteiger partial charge on any atom is -0.497 e. The molecule has 0 aliphatic rings. The Hall–Kier alpha value is -4.28. The number of aromatic nitrogens is 4. The molecular formula is C27H22ClN5O4S. The van der Waals surface area contributed by atoms with Gasteiger partial charge in [-0.3, -0.25) is 9.52 Å². The van der Waals surface area contributed by atoms with Crippen LogP contribution in [0, 0.1) is 6.92 Å². The molecule has 0 atom stereocenters. The fraction of sp³-hybridized carbons (Fsp3) is 0.111. The molecular weight excluding hydrogens is 526 g/mol. The third-order valence-corrected chi connectivity index (χ3v) is 7.10. The second-order valence-electron chi connectivity index (χ2n) is 8.55. The molecule has 0 aliphatic heterocycles. The first kappa shape index (κ1) is 25.4. The van der Waals surface area contributed by atoms with Gasteiger partial charge in [0.25, 0.3) is 0 Å². The van der Waals surface area contributed by atoms with Crippen molar-refractivity contribution in [3.05, 3.63) is 99.6 Å². The van der Waals surface area contributed by atoms with E-state index in [1.54, 1.807) is 30.3 Å². The van der Waals surface area contributed by atoms with Crippen LogP contribution < -0.4 is 14.9 Å². The number of methoxy groups -OCH3 is 1. The van der Waals surface area contributed by atoms with Crippen LogP contribution in [0.5, 0.6) is 5.75 Å². The lowest BCUT2D eigenvalue weighted by Gasteiger charge is -2.12. The van der Waals surface area contributed by atoms with Crippen molar-refractivity contribution < 1.29 is 13.2 Å². The van der Waals surface area contributed by atoms with Gasteiger partial charge in [0.1, 0.15) is 16.7 Å². The minimum absolute atomic E-state index is 0.0783. The summed E-state index contributed by atoms with van der Waals surface area (Å²) in [5, 5.41) is 0.291. The van der Waals surface area contributed by atoms with Gasteiger partial charge in [-0.15, -0.1) is 0 Å². The van der Waals surface area contributed by atoms with E-state index in [2.05, 4.69) is 19.7 Å². The predicted octanol–water partition coefficient (Wildman–Crippen LogP) is 4.96. The maximum absolute atomic E-state index is 13.1. The third-order valence-electron chi connectivity index (χ3n) is 5.67. The van der Waals surface area contributed by atoms with Crippen LogP contribution in [0.1, 0.15) is 11.4 Å². The van der Waals surface area contributed by atoms with Crippen molar-refractivity contribution in [3.63, 3.8) is 0 Å². The highest BCUT2D eigenvalue weighted by atomic mass is 35.5. The number of hydrogen-bond acceptors (Lipinski definition) is 7. The standard InChI is InChI=1S/C27H22ClN5O4S/c1-16-12-18(13-23(28)29-16)25-24(17-6-4-3-5-7-17)32-27-26(31-25)22(34)14-20(30-27)15-38(35,36)33-19-8-10-21(37-2)11-9-19/h3-14,33H,15H2,1-2H3,(H,30,32,34). The first-order valence-electron chi connectivity index (χ1n) is 11.5. The zero-order valence-corrected chi connectivity index (χ0v) is 22.0. The lowest BCUT2D eigenvalue weighted by atomic mass is 10.0. The Balaban J connectivity index is 1.58. The summed E-state index contributed by atoms with van der Waals surface area (Å²) < 4.78 is 33.3. The van der Waals surface area contributed by atoms with E-state index in [-0.39, 0.29) is 16.9 Å². The molecule has 38 heavy (non-hydrogen) atoms. The summed E-state index contributed by atoms with van der Waals surface area (Å²) in [5.41, 5.74) is 3.42. The Morgan fingerprint density at radius 2 is 1.63 bits per heavy atom. The van der Waals surface area contributed by atoms with Crippen molar-refractivity contribution in [2.24, 2.45) is 0 Å². The number of anilines is 1. The summed E-state index contributed by atoms with van der Waals surface area (Å²) in [4.78, 5) is 29.7. The normalized spacial score (nSPS) is 11.4. The van der Waals surface area contributed by atoms with Crippen molar-refractivity contribution in [2.75, 3.05) is 11.8 Å². The number of aromatic amines is 1. The molecule has 5 rings (SSSR count). The monoisotopic (exact) mass is 547 g/mol. The van der Waals surface area contributed by atoms with Gasteiger partial charge >= 0.3 is 0 Å². The Kier molecular flexibility index (Phi) is 6.83. The highest BCUT2D eigenvalue weighted by Crippen LogP contribution is 2.31. The van der Waals surface area contributed by atoms with Crippen LogP contribution in [0.25, 0.3) is 33.7 Å². The summed E-state index contributed by atoms with van der Waals surface area (Å²) in [6.45, 7) is 1.81. The molecule has 0 unspecified atom stereocenters. The summed E-state index contributed by atoms with van der Waals surface area (Å²) in [6, 6.07) is 20.5. The van der Waals surface area contributed by atoms with E-state index in [1.807, 2.05) is 43.3 Å². The lowest BCUT2D eigenvalue weighted by molar-refractivity contribution is 0.415. The van der Waals surface area contributed by atoms with Gasteiger partial charge in [0.2, 0.25) is 15.5 Å². The highest BCUT2D eigenvalue weighted by Gasteiger charge is 2.19. The number of pyridine rings is 2. The molecule has 0 fully saturated rings. The molecule has 5 aromatic rings. The number of halogens is 1. The maximum atomic E-state index is 13.1. The maximum Gasteiger partial charge on any atom is 0.238 e. The van der Waals surface area contributed by atoms with Crippen LogP contribution >= 0.6 is 11.6 Å². The number of hydrogen-bond donors (Lipinski definition) is 2. The van der Waals surface area contributed by atoms with Gasteiger partial charge < -0.3 is 9.72 Å². The lowest BCUT2D eigenvalue weighted by Crippen LogP contribution is -2.18.